The highest BCUT2D eigenvalue weighted by atomic mass is 16.5. The van der Waals surface area contributed by atoms with Crippen LogP contribution in [0.1, 0.15) is 117 Å². The standard InChI is InChI=1S/C55H69N9O8/c1-5-63(41-19-27-72-28-20-41)47-31-40(30-43(37(47)4)51(67)58-32-44-35(2)29-36(3)59-52(44)68)39-15-13-38(14-16-39)33-61-23-25-62(26-24-61)34-49(66)57-22-9-7-6-8-21-56-45-12-10-11-42-50(45)55(71)64(54(42)70)46-17-18-48(65)60-53(46)69/h10-16,29-31,41,46,56H,5-9,17-28,32-34H2,1-4H3,(H,57,66)(H,58,67)(H,59,68)(H,60,65,69). The van der Waals surface area contributed by atoms with Crippen molar-refractivity contribution in [3.63, 3.8) is 0 Å². The molecule has 0 saturated carbocycles. The van der Waals surface area contributed by atoms with Gasteiger partial charge in [0.15, 0.2) is 0 Å². The summed E-state index contributed by atoms with van der Waals surface area (Å²) in [6.45, 7) is 15.9. The summed E-state index contributed by atoms with van der Waals surface area (Å²) in [5.41, 5.74) is 8.73. The number of piperidine rings is 1. The molecule has 4 aliphatic heterocycles. The molecule has 5 heterocycles. The number of aromatic nitrogens is 1. The summed E-state index contributed by atoms with van der Waals surface area (Å²) < 4.78 is 5.70. The second-order valence-corrected chi connectivity index (χ2v) is 19.5. The van der Waals surface area contributed by atoms with E-state index in [0.29, 0.717) is 55.7 Å². The molecule has 17 heteroatoms. The van der Waals surface area contributed by atoms with Crippen molar-refractivity contribution in [1.82, 2.24) is 35.6 Å². The predicted molar refractivity (Wildman–Crippen MR) is 276 cm³/mol. The van der Waals surface area contributed by atoms with Crippen LogP contribution in [0.3, 0.4) is 0 Å². The Morgan fingerprint density at radius 2 is 1.51 bits per heavy atom. The fraction of sp³-hybridized carbons (Fsp3) is 0.473. The fourth-order valence-electron chi connectivity index (χ4n) is 10.5. The molecule has 5 N–H and O–H groups in total. The van der Waals surface area contributed by atoms with Gasteiger partial charge in [-0.1, -0.05) is 43.2 Å². The third kappa shape index (κ3) is 12.1. The van der Waals surface area contributed by atoms with Crippen LogP contribution in [0.2, 0.25) is 0 Å². The molecule has 0 spiro atoms. The van der Waals surface area contributed by atoms with Crippen LogP contribution in [0, 0.1) is 20.8 Å². The van der Waals surface area contributed by atoms with E-state index in [9.17, 15) is 33.6 Å². The molecule has 0 aliphatic carbocycles. The number of aromatic amines is 1. The average molecular weight is 984 g/mol. The third-order valence-electron chi connectivity index (χ3n) is 14.6. The summed E-state index contributed by atoms with van der Waals surface area (Å²) in [4.78, 5) is 101. The quantitative estimate of drug-likeness (QED) is 0.0572. The van der Waals surface area contributed by atoms with Crippen LogP contribution in [0.5, 0.6) is 0 Å². The lowest BCUT2D eigenvalue weighted by atomic mass is 9.94. The Morgan fingerprint density at radius 3 is 2.22 bits per heavy atom. The number of fused-ring (bicyclic) bond motifs is 1. The number of nitrogens with zero attached hydrogens (tertiary/aromatic N) is 4. The van der Waals surface area contributed by atoms with Crippen molar-refractivity contribution in [2.24, 2.45) is 0 Å². The molecule has 1 unspecified atom stereocenters. The highest BCUT2D eigenvalue weighted by Gasteiger charge is 2.45. The fourth-order valence-corrected chi connectivity index (χ4v) is 10.5. The molecule has 3 aromatic carbocycles. The minimum Gasteiger partial charge on any atom is -0.384 e. The zero-order valence-electron chi connectivity index (χ0n) is 42.1. The number of H-pyrrole nitrogens is 1. The number of carbonyl (C=O) groups excluding carboxylic acids is 6. The van der Waals surface area contributed by atoms with Gasteiger partial charge >= 0.3 is 0 Å². The van der Waals surface area contributed by atoms with Gasteiger partial charge in [-0.2, -0.15) is 0 Å². The highest BCUT2D eigenvalue weighted by Crippen LogP contribution is 2.35. The number of nitrogens with one attached hydrogen (secondary N) is 5. The Bertz CT molecular complexity index is 2720. The number of carbonyl (C=O) groups is 6. The van der Waals surface area contributed by atoms with Crippen LogP contribution in [-0.4, -0.2) is 133 Å². The Hall–Kier alpha value is -6.69. The van der Waals surface area contributed by atoms with E-state index in [2.05, 4.69) is 78.2 Å². The Labute approximate surface area is 421 Å². The minimum atomic E-state index is -1.00. The van der Waals surface area contributed by atoms with Gasteiger partial charge in [0.05, 0.1) is 17.7 Å². The molecule has 3 fully saturated rings. The lowest BCUT2D eigenvalue weighted by Gasteiger charge is -2.37. The zero-order valence-corrected chi connectivity index (χ0v) is 42.1. The molecule has 4 aromatic rings. The number of imide groups is 2. The first-order valence-electron chi connectivity index (χ1n) is 25.6. The molecular weight excluding hydrogens is 915 g/mol. The molecule has 3 saturated heterocycles. The molecule has 6 amide bonds. The molecule has 382 valence electrons. The summed E-state index contributed by atoms with van der Waals surface area (Å²) in [5.74, 6) is -2.29. The third-order valence-corrected chi connectivity index (χ3v) is 14.6. The first-order chi connectivity index (χ1) is 34.8. The van der Waals surface area contributed by atoms with Crippen LogP contribution in [0.25, 0.3) is 11.1 Å². The van der Waals surface area contributed by atoms with E-state index >= 15 is 0 Å². The normalized spacial score (nSPS) is 17.7. The van der Waals surface area contributed by atoms with Gasteiger partial charge in [0.2, 0.25) is 17.7 Å². The van der Waals surface area contributed by atoms with Crippen molar-refractivity contribution < 1.29 is 33.5 Å². The summed E-state index contributed by atoms with van der Waals surface area (Å²) >= 11 is 0. The number of pyridine rings is 1. The second kappa shape index (κ2) is 23.7. The van der Waals surface area contributed by atoms with E-state index in [1.54, 1.807) is 18.2 Å². The lowest BCUT2D eigenvalue weighted by molar-refractivity contribution is -0.136. The van der Waals surface area contributed by atoms with Crippen LogP contribution >= 0.6 is 0 Å². The number of aryl methyl sites for hydroxylation is 2. The van der Waals surface area contributed by atoms with Crippen molar-refractivity contribution in [3.8, 4) is 11.1 Å². The van der Waals surface area contributed by atoms with Crippen molar-refractivity contribution >= 4 is 46.8 Å². The van der Waals surface area contributed by atoms with Crippen LogP contribution in [0.4, 0.5) is 11.4 Å². The number of ether oxygens (including phenoxy) is 1. The van der Waals surface area contributed by atoms with Crippen molar-refractivity contribution in [1.29, 1.82) is 0 Å². The monoisotopic (exact) mass is 984 g/mol. The van der Waals surface area contributed by atoms with E-state index < -0.39 is 29.7 Å². The van der Waals surface area contributed by atoms with Gasteiger partial charge in [0, 0.05) is 113 Å². The number of hydrogen-bond donors (Lipinski definition) is 5. The number of rotatable bonds is 20. The number of hydrogen-bond acceptors (Lipinski definition) is 12. The molecule has 8 rings (SSSR count). The Morgan fingerprint density at radius 1 is 0.792 bits per heavy atom. The number of unbranched alkanes of at least 4 members (excludes halogenated alkanes) is 3. The number of amides is 6. The van der Waals surface area contributed by atoms with Gasteiger partial charge in [-0.3, -0.25) is 53.6 Å². The molecular formula is C55H69N9O8. The molecule has 0 radical (unpaired) electrons. The van der Waals surface area contributed by atoms with Crippen LogP contribution in [0.15, 0.2) is 65.5 Å². The van der Waals surface area contributed by atoms with E-state index in [-0.39, 0.29) is 47.9 Å². The van der Waals surface area contributed by atoms with Gasteiger partial charge in [0.1, 0.15) is 6.04 Å². The summed E-state index contributed by atoms with van der Waals surface area (Å²) in [7, 11) is 0. The van der Waals surface area contributed by atoms with E-state index in [1.807, 2.05) is 32.9 Å². The largest absolute Gasteiger partial charge is 0.384 e. The number of benzene rings is 3. The Balaban J connectivity index is 0.769. The topological polar surface area (TPSA) is 206 Å². The van der Waals surface area contributed by atoms with E-state index in [1.165, 1.54) is 5.56 Å². The van der Waals surface area contributed by atoms with Crippen molar-refractivity contribution in [3.05, 3.63) is 116 Å². The molecule has 4 aliphatic rings. The van der Waals surface area contributed by atoms with E-state index in [4.69, 9.17) is 4.74 Å². The Kier molecular flexibility index (Phi) is 17.0. The maximum Gasteiger partial charge on any atom is 0.264 e. The maximum atomic E-state index is 14.0. The van der Waals surface area contributed by atoms with Crippen molar-refractivity contribution in [2.45, 2.75) is 104 Å². The van der Waals surface area contributed by atoms with E-state index in [0.717, 1.165) is 116 Å². The first kappa shape index (κ1) is 51.7. The van der Waals surface area contributed by atoms with Crippen molar-refractivity contribution in [2.75, 3.05) is 75.8 Å². The first-order valence-corrected chi connectivity index (χ1v) is 25.6. The molecule has 72 heavy (non-hydrogen) atoms. The number of anilines is 2. The van der Waals surface area contributed by atoms with Gasteiger partial charge in [-0.25, -0.2) is 0 Å². The predicted octanol–water partition coefficient (Wildman–Crippen LogP) is 5.21. The summed E-state index contributed by atoms with van der Waals surface area (Å²) in [6.07, 6.45) is 5.54. The molecule has 0 bridgehead atoms. The highest BCUT2D eigenvalue weighted by molar-refractivity contribution is 6.25. The summed E-state index contributed by atoms with van der Waals surface area (Å²) in [6, 6.07) is 19.0. The van der Waals surface area contributed by atoms with Gasteiger partial charge in [0.25, 0.3) is 23.3 Å². The van der Waals surface area contributed by atoms with Crippen LogP contribution < -0.4 is 31.7 Å². The lowest BCUT2D eigenvalue weighted by Crippen LogP contribution is -2.54. The smallest absolute Gasteiger partial charge is 0.264 e. The molecule has 1 aromatic heterocycles. The van der Waals surface area contributed by atoms with Crippen LogP contribution in [-0.2, 0) is 32.2 Å². The van der Waals surface area contributed by atoms with Gasteiger partial charge < -0.3 is 30.6 Å². The average Bonchev–Trinajstić information content (AvgIpc) is 3.62. The molecule has 1 atom stereocenters. The second-order valence-electron chi connectivity index (χ2n) is 19.5. The minimum absolute atomic E-state index is 0.0236. The zero-order chi connectivity index (χ0) is 50.9. The van der Waals surface area contributed by atoms with Gasteiger partial charge in [-0.05, 0) is 118 Å². The SMILES string of the molecule is CCN(c1cc(-c2ccc(CN3CCN(CC(=O)NCCCCCCNc4cccc5c4C(=O)N(C4CCC(=O)NC4=O)C5=O)CC3)cc2)cc(C(=O)NCc2c(C)cc(C)[nH]c2=O)c1C)C1CCOCC1. The summed E-state index contributed by atoms with van der Waals surface area (Å²) in [5, 5.41) is 11.6. The number of piperazine rings is 1. The molecule has 17 nitrogen and oxygen atoms in total. The van der Waals surface area contributed by atoms with Gasteiger partial charge in [-0.15, -0.1) is 0 Å². The maximum absolute atomic E-state index is 14.0.